The van der Waals surface area contributed by atoms with Crippen molar-refractivity contribution < 1.29 is 140 Å². The van der Waals surface area contributed by atoms with E-state index in [1.54, 1.807) is 16.1 Å². The molecule has 4 radical (unpaired) electrons. The van der Waals surface area contributed by atoms with E-state index in [1.807, 2.05) is 0 Å². The molecule has 0 amide bonds. The predicted molar refractivity (Wildman–Crippen MR) is 135 cm³/mol. The van der Waals surface area contributed by atoms with Gasteiger partial charge in [0.25, 0.3) is 0 Å². The van der Waals surface area contributed by atoms with E-state index in [1.165, 1.54) is 0 Å². The van der Waals surface area contributed by atoms with E-state index in [0.717, 1.165) is 0 Å². The molecule has 0 aromatic carbocycles. The summed E-state index contributed by atoms with van der Waals surface area (Å²) >= 11 is 0.870. The Morgan fingerprint density at radius 1 is 0.436 bits per heavy atom. The van der Waals surface area contributed by atoms with Gasteiger partial charge in [0.1, 0.15) is 3.92 Å². The molecule has 0 aromatic rings. The number of alkyl halides is 34. The van der Waals surface area contributed by atoms with Gasteiger partial charge in [-0.25, -0.2) is 0 Å². The first-order valence-electron chi connectivity index (χ1n) is 11.0. The van der Waals surface area contributed by atoms with Crippen LogP contribution in [0.15, 0.2) is 12.7 Å². The third-order valence-electron chi connectivity index (χ3n) is 4.92. The Balaban J connectivity index is -0.000000254. The standard InChI is InChI=1S/C9H3F16I.C6F13I.C3H3F3.Al.B.HN/c10-3(11,1-2(26)4(12,13)14)5(15,16)6(17,18)7(19,20)8(21,22)9(23,24)25;7-1(8,3(11,12)5(15,16)17)2(9,10)4(13,14)6(18,19)20;1-2-3(4,5)6;;;/h2H,1H2;;2H,1H2;;;1H. The summed E-state index contributed by atoms with van der Waals surface area (Å²) < 4.78 is 387. The van der Waals surface area contributed by atoms with Gasteiger partial charge in [0, 0.05) is 43.5 Å². The van der Waals surface area contributed by atoms with E-state index >= 15 is 0 Å². The van der Waals surface area contributed by atoms with Gasteiger partial charge in [-0.05, 0) is 0 Å². The number of halogens is 34. The van der Waals surface area contributed by atoms with Gasteiger partial charge in [-0.3, -0.25) is 0 Å². The Morgan fingerprint density at radius 2 is 0.636 bits per heavy atom. The van der Waals surface area contributed by atoms with Gasteiger partial charge < -0.3 is 0 Å². The molecule has 0 spiro atoms. The fourth-order valence-corrected chi connectivity index (χ4v) is 2.91. The SMILES string of the molecule is C=CC(F)(F)F.FC(F)(F)C(F)(F)C(F)(F)C(F)(F)C(F)(F)C(F)(F)I.FC(F)(F)C(I)CC(F)(F)C(F)(F)C(F)(F)C(F)(F)C(F)(F)C(F)(F)F.[B].[NH]=[Al]. The summed E-state index contributed by atoms with van der Waals surface area (Å²) in [5, 5.41) is 0. The van der Waals surface area contributed by atoms with Gasteiger partial charge in [0.05, 0.1) is 0 Å². The van der Waals surface area contributed by atoms with Crippen LogP contribution in [0.2, 0.25) is 0 Å². The number of hydrogen-bond acceptors (Lipinski definition) is 1. The molecular weight excluding hydrogens is 1130 g/mol. The second-order valence-electron chi connectivity index (χ2n) is 8.75. The fourth-order valence-electron chi connectivity index (χ4n) is 2.02. The molecule has 0 aliphatic heterocycles. The second kappa shape index (κ2) is 18.7. The zero-order chi connectivity index (χ0) is 46.0. The van der Waals surface area contributed by atoms with Gasteiger partial charge in [-0.2, -0.15) is 140 Å². The number of hydrogen-bond donors (Lipinski definition) is 1. The van der Waals surface area contributed by atoms with Crippen LogP contribution in [0, 0.1) is 4.35 Å². The van der Waals surface area contributed by atoms with Crippen LogP contribution in [-0.4, -0.2) is 110 Å². The number of rotatable bonds is 10. The summed E-state index contributed by atoms with van der Waals surface area (Å²) in [6, 6.07) is 0. The van der Waals surface area contributed by atoms with Gasteiger partial charge in [-0.1, -0.05) is 29.2 Å². The Morgan fingerprint density at radius 3 is 0.800 bits per heavy atom. The molecule has 1 unspecified atom stereocenters. The molecule has 0 aliphatic carbocycles. The molecule has 0 rings (SSSR count). The molecule has 1 nitrogen and oxygen atoms in total. The summed E-state index contributed by atoms with van der Waals surface area (Å²) in [5.41, 5.74) is 0. The summed E-state index contributed by atoms with van der Waals surface area (Å²) in [6.07, 6.45) is -28.2. The molecule has 55 heavy (non-hydrogen) atoms. The van der Waals surface area contributed by atoms with Crippen molar-refractivity contribution >= 4 is 69.7 Å². The molecule has 1 N–H and O–H groups in total. The van der Waals surface area contributed by atoms with Crippen LogP contribution in [-0.2, 0) is 0 Å². The van der Waals surface area contributed by atoms with Gasteiger partial charge in [-0.15, -0.1) is 0 Å². The predicted octanol–water partition coefficient (Wildman–Crippen LogP) is 12.9. The molecule has 0 saturated heterocycles. The molecule has 1 atom stereocenters. The van der Waals surface area contributed by atoms with E-state index in [0.29, 0.717) is 0 Å². The first kappa shape index (κ1) is 63.5. The molecule has 0 heterocycles. The van der Waals surface area contributed by atoms with Crippen LogP contribution in [0.4, 0.5) is 140 Å². The maximum atomic E-state index is 13.1. The van der Waals surface area contributed by atoms with Crippen LogP contribution in [0.5, 0.6) is 0 Å². The molecule has 0 fully saturated rings. The van der Waals surface area contributed by atoms with Crippen LogP contribution >= 0.6 is 45.2 Å². The Hall–Kier alpha value is -0.643. The fraction of sp³-hybridized carbons (Fsp3) is 0.889. The number of allylic oxidation sites excluding steroid dienone is 1. The Bertz CT molecular complexity index is 1160. The zero-order valence-corrected chi connectivity index (χ0v) is 29.5. The normalized spacial score (nSPS) is 15.5. The van der Waals surface area contributed by atoms with Crippen molar-refractivity contribution in [2.24, 2.45) is 0 Å². The monoisotopic (exact) mass is 1140 g/mol. The van der Waals surface area contributed by atoms with Crippen molar-refractivity contribution in [2.75, 3.05) is 0 Å². The van der Waals surface area contributed by atoms with Crippen LogP contribution in [0.25, 0.3) is 0 Å². The van der Waals surface area contributed by atoms with Crippen LogP contribution in [0.1, 0.15) is 6.42 Å². The van der Waals surface area contributed by atoms with E-state index in [2.05, 4.69) is 6.58 Å². The maximum absolute atomic E-state index is 13.1. The molecule has 0 aromatic heterocycles. The van der Waals surface area contributed by atoms with Crippen molar-refractivity contribution in [1.29, 1.82) is 4.35 Å². The first-order chi connectivity index (χ1) is 22.7. The summed E-state index contributed by atoms with van der Waals surface area (Å²) in [6.45, 7) is 2.51. The summed E-state index contributed by atoms with van der Waals surface area (Å²) in [7, 11) is 0. The van der Waals surface area contributed by atoms with E-state index in [-0.39, 0.29) is 37.1 Å². The molecule has 0 aliphatic rings. The van der Waals surface area contributed by atoms with Crippen molar-refractivity contribution in [3.05, 3.63) is 12.7 Å². The Labute approximate surface area is 318 Å². The average molecular weight is 1140 g/mol. The van der Waals surface area contributed by atoms with E-state index in [9.17, 15) is 140 Å². The van der Waals surface area contributed by atoms with Crippen molar-refractivity contribution in [3.63, 3.8) is 0 Å². The van der Waals surface area contributed by atoms with E-state index in [4.69, 9.17) is 4.35 Å². The topological polar surface area (TPSA) is 23.9 Å². The van der Waals surface area contributed by atoms with E-state index < -0.39 is 115 Å². The average Bonchev–Trinajstić information content (AvgIpc) is 2.91. The second-order valence-corrected chi connectivity index (χ2v) is 11.6. The minimum atomic E-state index is -8.12. The quantitative estimate of drug-likeness (QED) is 0.0741. The summed E-state index contributed by atoms with van der Waals surface area (Å²) in [5.74, 6) is -68.9. The van der Waals surface area contributed by atoms with Crippen molar-refractivity contribution in [3.8, 4) is 0 Å². The molecular formula is C18H7AlBF32I2N. The van der Waals surface area contributed by atoms with Gasteiger partial charge in [0.2, 0.25) is 0 Å². The summed E-state index contributed by atoms with van der Waals surface area (Å²) in [4.78, 5) is 0. The Kier molecular flexibility index (Phi) is 21.6. The molecule has 0 saturated carbocycles. The third-order valence-corrected chi connectivity index (χ3v) is 6.74. The molecule has 0 bridgehead atoms. The minimum absolute atomic E-state index is 0. The zero-order valence-electron chi connectivity index (χ0n) is 24.1. The van der Waals surface area contributed by atoms with Crippen LogP contribution in [0.3, 0.4) is 0 Å². The third kappa shape index (κ3) is 13.2. The first-order valence-corrected chi connectivity index (χ1v) is 13.9. The van der Waals surface area contributed by atoms with Crippen molar-refractivity contribution in [1.82, 2.24) is 0 Å². The van der Waals surface area contributed by atoms with Gasteiger partial charge >= 0.3 is 102 Å². The van der Waals surface area contributed by atoms with Crippen molar-refractivity contribution in [2.45, 2.75) is 92.3 Å². The molecule has 328 valence electrons. The van der Waals surface area contributed by atoms with Crippen LogP contribution < -0.4 is 0 Å². The number of nitrogens with one attached hydrogen (secondary N) is 1. The molecule has 37 heteroatoms. The van der Waals surface area contributed by atoms with Gasteiger partial charge in [0.15, 0.2) is 0 Å².